The molecule has 1 aromatic heterocycles. The zero-order valence-corrected chi connectivity index (χ0v) is 20.3. The Bertz CT molecular complexity index is 1380. The Morgan fingerprint density at radius 1 is 1.03 bits per heavy atom. The number of urea groups is 1. The number of sulfonamides is 1. The van der Waals surface area contributed by atoms with Gasteiger partial charge in [-0.15, -0.1) is 4.83 Å². The summed E-state index contributed by atoms with van der Waals surface area (Å²) in [6, 6.07) is 12.9. The molecule has 1 saturated heterocycles. The number of fused-ring (bicyclic) bond motifs is 1. The van der Waals surface area contributed by atoms with Crippen molar-refractivity contribution in [3.8, 4) is 11.1 Å². The molecule has 34 heavy (non-hydrogen) atoms. The van der Waals surface area contributed by atoms with Gasteiger partial charge in [0.25, 0.3) is 0 Å². The number of anilines is 2. The molecule has 0 aliphatic carbocycles. The van der Waals surface area contributed by atoms with E-state index >= 15 is 0 Å². The fraction of sp³-hybridized carbons (Fsp3) is 0.292. The molecule has 9 nitrogen and oxygen atoms in total. The highest BCUT2D eigenvalue weighted by Gasteiger charge is 2.27. The molecule has 3 amide bonds. The summed E-state index contributed by atoms with van der Waals surface area (Å²) < 4.78 is 22.5. The molecule has 178 valence electrons. The average Bonchev–Trinajstić information content (AvgIpc) is 2.76. The second kappa shape index (κ2) is 8.69. The molecular formula is C24H27N5O4S. The molecule has 0 spiro atoms. The van der Waals surface area contributed by atoms with E-state index in [4.69, 9.17) is 0 Å². The second-order valence-corrected chi connectivity index (χ2v) is 11.1. The highest BCUT2D eigenvalue weighted by molar-refractivity contribution is 7.88. The standard InChI is InChI=1S/C24H27N5O4S/c1-24(2,3)18-12-16-11-17(15-5-7-19(8-6-15)27-28-34(4,32)33)14-25-22(16)20(13-18)29-10-9-21(30)26-23(29)31/h5-8,11-14,27-28H,9-10H2,1-4H3,(H,26,30,31). The van der Waals surface area contributed by atoms with E-state index in [1.54, 1.807) is 23.2 Å². The maximum Gasteiger partial charge on any atom is 0.328 e. The second-order valence-electron chi connectivity index (χ2n) is 9.37. The van der Waals surface area contributed by atoms with Crippen LogP contribution in [0.1, 0.15) is 32.8 Å². The smallest absolute Gasteiger partial charge is 0.308 e. The van der Waals surface area contributed by atoms with E-state index in [1.807, 2.05) is 24.3 Å². The summed E-state index contributed by atoms with van der Waals surface area (Å²) in [6.45, 7) is 6.61. The summed E-state index contributed by atoms with van der Waals surface area (Å²) in [4.78, 5) is 32.7. The van der Waals surface area contributed by atoms with Crippen molar-refractivity contribution in [3.63, 3.8) is 0 Å². The number of nitrogens with zero attached hydrogens (tertiary/aromatic N) is 2. The maximum absolute atomic E-state index is 12.6. The third-order valence-corrected chi connectivity index (χ3v) is 6.05. The monoisotopic (exact) mass is 481 g/mol. The van der Waals surface area contributed by atoms with E-state index < -0.39 is 16.1 Å². The zero-order valence-electron chi connectivity index (χ0n) is 19.5. The van der Waals surface area contributed by atoms with E-state index in [9.17, 15) is 18.0 Å². The fourth-order valence-electron chi connectivity index (χ4n) is 3.72. The topological polar surface area (TPSA) is 120 Å². The average molecular weight is 482 g/mol. The van der Waals surface area contributed by atoms with Gasteiger partial charge < -0.3 is 5.43 Å². The number of imide groups is 1. The lowest BCUT2D eigenvalue weighted by atomic mass is 9.85. The number of hydrogen-bond donors (Lipinski definition) is 3. The van der Waals surface area contributed by atoms with E-state index in [2.05, 4.69) is 47.4 Å². The predicted octanol–water partition coefficient (Wildman–Crippen LogP) is 3.52. The lowest BCUT2D eigenvalue weighted by molar-refractivity contribution is -0.120. The number of nitrogens with one attached hydrogen (secondary N) is 3. The Hall–Kier alpha value is -3.50. The molecule has 0 atom stereocenters. The minimum Gasteiger partial charge on any atom is -0.308 e. The van der Waals surface area contributed by atoms with Crippen LogP contribution in [-0.2, 0) is 20.2 Å². The number of aromatic nitrogens is 1. The number of pyridine rings is 1. The number of amides is 3. The minimum atomic E-state index is -3.37. The van der Waals surface area contributed by atoms with Crippen LogP contribution in [0.4, 0.5) is 16.2 Å². The summed E-state index contributed by atoms with van der Waals surface area (Å²) in [5.41, 5.74) is 7.27. The molecule has 0 radical (unpaired) electrons. The molecule has 0 saturated carbocycles. The molecule has 0 bridgehead atoms. The van der Waals surface area contributed by atoms with E-state index in [1.165, 1.54) is 0 Å². The number of carbonyl (C=O) groups excluding carboxylic acids is 2. The van der Waals surface area contributed by atoms with Gasteiger partial charge in [0.2, 0.25) is 15.9 Å². The summed E-state index contributed by atoms with van der Waals surface area (Å²) in [5, 5.41) is 3.26. The Balaban J connectivity index is 1.74. The van der Waals surface area contributed by atoms with Crippen molar-refractivity contribution in [2.75, 3.05) is 23.1 Å². The van der Waals surface area contributed by atoms with Gasteiger partial charge in [0.15, 0.2) is 0 Å². The van der Waals surface area contributed by atoms with Crippen molar-refractivity contribution >= 4 is 44.2 Å². The minimum absolute atomic E-state index is 0.166. The quantitative estimate of drug-likeness (QED) is 0.480. The van der Waals surface area contributed by atoms with Gasteiger partial charge in [-0.2, -0.15) is 0 Å². The molecule has 1 aliphatic heterocycles. The SMILES string of the molecule is CC(C)(C)c1cc(N2CCC(=O)NC2=O)c2ncc(-c3ccc(NNS(C)(=O)=O)cc3)cc2c1. The number of hydrazine groups is 1. The van der Waals surface area contributed by atoms with Crippen LogP contribution in [-0.4, -0.2) is 38.1 Å². The van der Waals surface area contributed by atoms with Crippen molar-refractivity contribution in [2.24, 2.45) is 0 Å². The molecular weight excluding hydrogens is 454 g/mol. The van der Waals surface area contributed by atoms with Crippen LogP contribution in [0.25, 0.3) is 22.0 Å². The number of rotatable bonds is 5. The van der Waals surface area contributed by atoms with Crippen molar-refractivity contribution in [1.82, 2.24) is 15.1 Å². The van der Waals surface area contributed by atoms with Gasteiger partial charge in [-0.05, 0) is 46.9 Å². The van der Waals surface area contributed by atoms with Gasteiger partial charge in [0.1, 0.15) is 0 Å². The van der Waals surface area contributed by atoms with E-state index in [-0.39, 0.29) is 17.7 Å². The van der Waals surface area contributed by atoms with Crippen LogP contribution in [0.15, 0.2) is 48.7 Å². The third-order valence-electron chi connectivity index (χ3n) is 5.57. The van der Waals surface area contributed by atoms with Crippen LogP contribution in [0.3, 0.4) is 0 Å². The first-order valence-electron chi connectivity index (χ1n) is 10.8. The Morgan fingerprint density at radius 2 is 1.74 bits per heavy atom. The third kappa shape index (κ3) is 5.18. The van der Waals surface area contributed by atoms with Gasteiger partial charge in [-0.25, -0.2) is 13.2 Å². The molecule has 4 rings (SSSR count). The predicted molar refractivity (Wildman–Crippen MR) is 133 cm³/mol. The number of benzene rings is 2. The summed E-state index contributed by atoms with van der Waals surface area (Å²) in [7, 11) is -3.37. The summed E-state index contributed by atoms with van der Waals surface area (Å²) >= 11 is 0. The van der Waals surface area contributed by atoms with Crippen molar-refractivity contribution < 1.29 is 18.0 Å². The van der Waals surface area contributed by atoms with Crippen LogP contribution < -0.4 is 20.5 Å². The van der Waals surface area contributed by atoms with Gasteiger partial charge >= 0.3 is 6.03 Å². The Kier molecular flexibility index (Phi) is 6.05. The van der Waals surface area contributed by atoms with Crippen LogP contribution in [0.2, 0.25) is 0 Å². The van der Waals surface area contributed by atoms with Crippen molar-refractivity contribution in [3.05, 3.63) is 54.2 Å². The van der Waals surface area contributed by atoms with Gasteiger partial charge in [0.05, 0.1) is 17.5 Å². The molecule has 2 heterocycles. The molecule has 3 N–H and O–H groups in total. The largest absolute Gasteiger partial charge is 0.328 e. The molecule has 2 aromatic carbocycles. The highest BCUT2D eigenvalue weighted by atomic mass is 32.2. The lowest BCUT2D eigenvalue weighted by Crippen LogP contribution is -2.49. The number of carbonyl (C=O) groups is 2. The first-order valence-corrected chi connectivity index (χ1v) is 12.7. The molecule has 3 aromatic rings. The summed E-state index contributed by atoms with van der Waals surface area (Å²) in [5.74, 6) is -0.280. The van der Waals surface area contributed by atoms with Gasteiger partial charge in [-0.3, -0.25) is 20.0 Å². The maximum atomic E-state index is 12.6. The Labute approximate surface area is 198 Å². The zero-order chi connectivity index (χ0) is 24.7. The van der Waals surface area contributed by atoms with Crippen molar-refractivity contribution in [1.29, 1.82) is 0 Å². The Morgan fingerprint density at radius 3 is 2.35 bits per heavy atom. The normalized spacial score (nSPS) is 14.9. The molecule has 1 fully saturated rings. The van der Waals surface area contributed by atoms with Gasteiger partial charge in [0, 0.05) is 35.8 Å². The first-order chi connectivity index (χ1) is 15.9. The number of hydrogen-bond acceptors (Lipinski definition) is 6. The van der Waals surface area contributed by atoms with E-state index in [0.717, 1.165) is 28.3 Å². The molecule has 1 aliphatic rings. The van der Waals surface area contributed by atoms with E-state index in [0.29, 0.717) is 23.4 Å². The van der Waals surface area contributed by atoms with Gasteiger partial charge in [-0.1, -0.05) is 32.9 Å². The molecule has 0 unspecified atom stereocenters. The summed E-state index contributed by atoms with van der Waals surface area (Å²) in [6.07, 6.45) is 3.05. The van der Waals surface area contributed by atoms with Crippen LogP contribution in [0.5, 0.6) is 0 Å². The molecule has 10 heteroatoms. The lowest BCUT2D eigenvalue weighted by Gasteiger charge is -2.29. The van der Waals surface area contributed by atoms with Crippen molar-refractivity contribution in [2.45, 2.75) is 32.6 Å². The highest BCUT2D eigenvalue weighted by Crippen LogP contribution is 2.35. The first kappa shape index (κ1) is 23.7. The van der Waals surface area contributed by atoms with Crippen LogP contribution >= 0.6 is 0 Å². The fourth-order valence-corrected chi connectivity index (χ4v) is 4.02. The van der Waals surface area contributed by atoms with Crippen LogP contribution in [0, 0.1) is 0 Å².